The van der Waals surface area contributed by atoms with Crippen LogP contribution in [0.5, 0.6) is 0 Å². The maximum Gasteiger partial charge on any atom is 0.334 e. The zero-order valence-corrected chi connectivity index (χ0v) is 21.1. The van der Waals surface area contributed by atoms with Crippen LogP contribution in [-0.4, -0.2) is 24.9 Å². The zero-order valence-electron chi connectivity index (χ0n) is 21.1. The summed E-state index contributed by atoms with van der Waals surface area (Å²) in [5.74, 6) is -1.92. The molecule has 1 heterocycles. The third-order valence-electron chi connectivity index (χ3n) is 6.37. The zero-order chi connectivity index (χ0) is 25.4. The fourth-order valence-corrected chi connectivity index (χ4v) is 4.21. The summed E-state index contributed by atoms with van der Waals surface area (Å²) in [6.07, 6.45) is 0. The second-order valence-corrected chi connectivity index (χ2v) is 10.1. The second-order valence-electron chi connectivity index (χ2n) is 10.1. The molecule has 34 heavy (non-hydrogen) atoms. The van der Waals surface area contributed by atoms with Gasteiger partial charge in [-0.1, -0.05) is 77.6 Å². The average Bonchev–Trinajstić information content (AvgIpc) is 3.01. The molecule has 0 aromatic heterocycles. The minimum atomic E-state index is -0.788. The summed E-state index contributed by atoms with van der Waals surface area (Å²) in [6.45, 7) is 16.1. The van der Waals surface area contributed by atoms with Crippen molar-refractivity contribution in [2.24, 2.45) is 0 Å². The van der Waals surface area contributed by atoms with Crippen LogP contribution < -0.4 is 4.90 Å². The first-order valence-electron chi connectivity index (χ1n) is 11.5. The summed E-state index contributed by atoms with van der Waals surface area (Å²) >= 11 is 0. The van der Waals surface area contributed by atoms with Gasteiger partial charge < -0.3 is 4.74 Å². The molecule has 1 aliphatic rings. The SMILES string of the molecule is C=C(C(=O)OC)[C@H](C1=C(C)C(=O)N(c2ccc(C(C)(C)C)cc2)C1=O)c1ccc(C(C)C)cc1. The first kappa shape index (κ1) is 25.2. The van der Waals surface area contributed by atoms with E-state index in [1.165, 1.54) is 12.0 Å². The number of imide groups is 1. The number of methoxy groups -OCH3 is 1. The summed E-state index contributed by atoms with van der Waals surface area (Å²) in [6, 6.07) is 15.1. The number of anilines is 1. The normalized spacial score (nSPS) is 15.2. The number of nitrogens with zero attached hydrogens (tertiary/aromatic N) is 1. The highest BCUT2D eigenvalue weighted by molar-refractivity contribution is 6.33. The van der Waals surface area contributed by atoms with E-state index in [0.717, 1.165) is 11.1 Å². The van der Waals surface area contributed by atoms with E-state index < -0.39 is 23.7 Å². The molecular weight excluding hydrogens is 426 g/mol. The molecule has 5 nitrogen and oxygen atoms in total. The lowest BCUT2D eigenvalue weighted by Crippen LogP contribution is -2.32. The topological polar surface area (TPSA) is 63.7 Å². The van der Waals surface area contributed by atoms with Gasteiger partial charge in [-0.2, -0.15) is 0 Å². The third-order valence-corrected chi connectivity index (χ3v) is 6.37. The average molecular weight is 460 g/mol. The molecule has 0 saturated heterocycles. The van der Waals surface area contributed by atoms with Crippen LogP contribution in [0.3, 0.4) is 0 Å². The molecule has 0 aliphatic carbocycles. The van der Waals surface area contributed by atoms with Gasteiger partial charge in [0.15, 0.2) is 0 Å². The molecule has 0 unspecified atom stereocenters. The fraction of sp³-hybridized carbons (Fsp3) is 0.345. The first-order chi connectivity index (χ1) is 15.9. The van der Waals surface area contributed by atoms with Crippen molar-refractivity contribution in [3.05, 3.63) is 88.5 Å². The van der Waals surface area contributed by atoms with E-state index in [1.807, 2.05) is 36.4 Å². The van der Waals surface area contributed by atoms with Crippen molar-refractivity contribution < 1.29 is 19.1 Å². The molecule has 2 amide bonds. The summed E-state index contributed by atoms with van der Waals surface area (Å²) in [5, 5.41) is 0. The molecular formula is C29H33NO4. The van der Waals surface area contributed by atoms with Gasteiger partial charge >= 0.3 is 5.97 Å². The van der Waals surface area contributed by atoms with Crippen LogP contribution in [-0.2, 0) is 24.5 Å². The number of carbonyl (C=O) groups is 3. The minimum absolute atomic E-state index is 0.0532. The molecule has 1 atom stereocenters. The number of carbonyl (C=O) groups excluding carboxylic acids is 3. The maximum atomic E-state index is 13.7. The number of esters is 1. The Labute approximate surface area is 202 Å². The van der Waals surface area contributed by atoms with E-state index in [1.54, 1.807) is 19.1 Å². The molecule has 5 heteroatoms. The highest BCUT2D eigenvalue weighted by atomic mass is 16.5. The van der Waals surface area contributed by atoms with Gasteiger partial charge in [0, 0.05) is 22.6 Å². The van der Waals surface area contributed by atoms with E-state index in [0.29, 0.717) is 22.7 Å². The van der Waals surface area contributed by atoms with Crippen LogP contribution in [0, 0.1) is 0 Å². The van der Waals surface area contributed by atoms with E-state index in [2.05, 4.69) is 41.2 Å². The Hall–Kier alpha value is -3.47. The Morgan fingerprint density at radius 2 is 1.44 bits per heavy atom. The van der Waals surface area contributed by atoms with Crippen LogP contribution in [0.4, 0.5) is 5.69 Å². The van der Waals surface area contributed by atoms with Gasteiger partial charge in [0.05, 0.1) is 12.8 Å². The van der Waals surface area contributed by atoms with Crippen LogP contribution in [0.25, 0.3) is 0 Å². The molecule has 2 aromatic carbocycles. The van der Waals surface area contributed by atoms with Crippen molar-refractivity contribution in [3.8, 4) is 0 Å². The van der Waals surface area contributed by atoms with Crippen LogP contribution >= 0.6 is 0 Å². The Morgan fingerprint density at radius 1 is 0.912 bits per heavy atom. The highest BCUT2D eigenvalue weighted by Gasteiger charge is 2.43. The van der Waals surface area contributed by atoms with Gasteiger partial charge in [0.1, 0.15) is 0 Å². The maximum absolute atomic E-state index is 13.7. The summed E-state index contributed by atoms with van der Waals surface area (Å²) in [5.41, 5.74) is 4.04. The minimum Gasteiger partial charge on any atom is -0.466 e. The number of rotatable bonds is 6. The second kappa shape index (κ2) is 9.41. The number of hydrogen-bond acceptors (Lipinski definition) is 4. The smallest absolute Gasteiger partial charge is 0.334 e. The van der Waals surface area contributed by atoms with Gasteiger partial charge in [-0.25, -0.2) is 9.69 Å². The van der Waals surface area contributed by atoms with Crippen LogP contribution in [0.1, 0.15) is 70.1 Å². The number of hydrogen-bond donors (Lipinski definition) is 0. The lowest BCUT2D eigenvalue weighted by Gasteiger charge is -2.23. The van der Waals surface area contributed by atoms with E-state index in [-0.39, 0.29) is 16.6 Å². The number of amides is 2. The molecule has 3 rings (SSSR count). The van der Waals surface area contributed by atoms with Crippen molar-refractivity contribution in [2.75, 3.05) is 12.0 Å². The molecule has 0 radical (unpaired) electrons. The molecule has 0 N–H and O–H groups in total. The van der Waals surface area contributed by atoms with Crippen molar-refractivity contribution in [2.45, 2.75) is 58.8 Å². The first-order valence-corrected chi connectivity index (χ1v) is 11.5. The Kier molecular flexibility index (Phi) is 6.97. The van der Waals surface area contributed by atoms with Gasteiger partial charge in [-0.3, -0.25) is 9.59 Å². The Bertz CT molecular complexity index is 1160. The van der Waals surface area contributed by atoms with Crippen molar-refractivity contribution in [3.63, 3.8) is 0 Å². The standard InChI is InChI=1S/C29H33NO4/c1-17(2)20-9-11-21(12-10-20)24(19(4)28(33)34-8)25-18(3)26(31)30(27(25)32)23-15-13-22(14-16-23)29(5,6)7/h9-17,24H,4H2,1-3,5-8H3/t24-/m0/s1. The summed E-state index contributed by atoms with van der Waals surface area (Å²) in [4.78, 5) is 40.6. The van der Waals surface area contributed by atoms with Crippen molar-refractivity contribution >= 4 is 23.5 Å². The lowest BCUT2D eigenvalue weighted by molar-refractivity contribution is -0.136. The third kappa shape index (κ3) is 4.60. The van der Waals surface area contributed by atoms with Crippen LogP contribution in [0.2, 0.25) is 0 Å². The van der Waals surface area contributed by atoms with E-state index >= 15 is 0 Å². The molecule has 0 bridgehead atoms. The predicted octanol–water partition coefficient (Wildman–Crippen LogP) is 5.81. The molecule has 1 aliphatic heterocycles. The highest BCUT2D eigenvalue weighted by Crippen LogP contribution is 2.40. The number of ether oxygens (including phenoxy) is 1. The van der Waals surface area contributed by atoms with Gasteiger partial charge in [0.2, 0.25) is 0 Å². The van der Waals surface area contributed by atoms with Gasteiger partial charge in [-0.15, -0.1) is 0 Å². The fourth-order valence-electron chi connectivity index (χ4n) is 4.21. The molecule has 2 aromatic rings. The summed E-state index contributed by atoms with van der Waals surface area (Å²) < 4.78 is 4.92. The summed E-state index contributed by atoms with van der Waals surface area (Å²) in [7, 11) is 1.28. The van der Waals surface area contributed by atoms with Crippen molar-refractivity contribution in [1.82, 2.24) is 0 Å². The molecule has 0 fully saturated rings. The molecule has 0 saturated carbocycles. The molecule has 0 spiro atoms. The lowest BCUT2D eigenvalue weighted by atomic mass is 9.82. The largest absolute Gasteiger partial charge is 0.466 e. The van der Waals surface area contributed by atoms with Gasteiger partial charge in [-0.05, 0) is 47.1 Å². The predicted molar refractivity (Wildman–Crippen MR) is 135 cm³/mol. The van der Waals surface area contributed by atoms with Gasteiger partial charge in [0.25, 0.3) is 11.8 Å². The quantitative estimate of drug-likeness (QED) is 0.311. The Morgan fingerprint density at radius 3 is 1.91 bits per heavy atom. The van der Waals surface area contributed by atoms with E-state index in [4.69, 9.17) is 4.74 Å². The van der Waals surface area contributed by atoms with E-state index in [9.17, 15) is 14.4 Å². The monoisotopic (exact) mass is 459 g/mol. The number of benzene rings is 2. The molecule has 178 valence electrons. The van der Waals surface area contributed by atoms with Crippen molar-refractivity contribution in [1.29, 1.82) is 0 Å². The Balaban J connectivity index is 2.07. The van der Waals surface area contributed by atoms with Crippen LogP contribution in [0.15, 0.2) is 71.8 Å².